The molecule has 1 aromatic rings. The second-order valence-electron chi connectivity index (χ2n) is 6.24. The third kappa shape index (κ3) is 1.79. The number of hydrogen-bond acceptors (Lipinski definition) is 6. The van der Waals surface area contributed by atoms with Crippen molar-refractivity contribution in [3.63, 3.8) is 0 Å². The minimum atomic E-state index is -1.30. The van der Waals surface area contributed by atoms with Crippen LogP contribution in [0.2, 0.25) is 0 Å². The molecule has 26 heavy (non-hydrogen) atoms. The molecule has 3 rings (SSSR count). The standard InChI is InChI=1S/C20H16N6/c1-3-26(4-2)18-20(13-24)16(14-8-6-5-7-9-14)19(20,12-23)17(25-18)15(10-21)11-22/h5-9,16H,3-4H2,1-2H3. The first-order valence-electron chi connectivity index (χ1n) is 8.39. The summed E-state index contributed by atoms with van der Waals surface area (Å²) in [6.07, 6.45) is 0. The second-order valence-corrected chi connectivity index (χ2v) is 6.24. The van der Waals surface area contributed by atoms with Crippen LogP contribution in [0.5, 0.6) is 0 Å². The molecule has 0 aromatic heterocycles. The zero-order valence-electron chi connectivity index (χ0n) is 14.6. The second kappa shape index (κ2) is 6.03. The summed E-state index contributed by atoms with van der Waals surface area (Å²) >= 11 is 0. The van der Waals surface area contributed by atoms with Crippen LogP contribution >= 0.6 is 0 Å². The van der Waals surface area contributed by atoms with Crippen molar-refractivity contribution in [2.75, 3.05) is 13.1 Å². The van der Waals surface area contributed by atoms with E-state index in [2.05, 4.69) is 17.1 Å². The van der Waals surface area contributed by atoms with Crippen molar-refractivity contribution in [1.82, 2.24) is 4.90 Å². The Bertz CT molecular complexity index is 958. The molecule has 1 aliphatic carbocycles. The molecular formula is C20H16N6. The van der Waals surface area contributed by atoms with Crippen molar-refractivity contribution in [2.24, 2.45) is 15.8 Å². The highest BCUT2D eigenvalue weighted by Gasteiger charge is 2.87. The van der Waals surface area contributed by atoms with E-state index in [0.717, 1.165) is 5.56 Å². The summed E-state index contributed by atoms with van der Waals surface area (Å²) in [4.78, 5) is 6.43. The van der Waals surface area contributed by atoms with E-state index in [4.69, 9.17) is 0 Å². The quantitative estimate of drug-likeness (QED) is 0.785. The van der Waals surface area contributed by atoms with Gasteiger partial charge in [-0.1, -0.05) is 30.3 Å². The molecule has 1 fully saturated rings. The van der Waals surface area contributed by atoms with Gasteiger partial charge < -0.3 is 4.90 Å². The molecule has 0 radical (unpaired) electrons. The zero-order valence-corrected chi connectivity index (χ0v) is 14.6. The van der Waals surface area contributed by atoms with Crippen molar-refractivity contribution >= 4 is 5.84 Å². The molecule has 0 spiro atoms. The van der Waals surface area contributed by atoms with Crippen LogP contribution in [0.25, 0.3) is 0 Å². The fraction of sp³-hybridized carbons (Fsp3) is 0.350. The van der Waals surface area contributed by atoms with Gasteiger partial charge in [0.25, 0.3) is 0 Å². The van der Waals surface area contributed by atoms with Gasteiger partial charge in [0.1, 0.15) is 28.8 Å². The smallest absolute Gasteiger partial charge is 0.152 e. The number of hydrogen-bond donors (Lipinski definition) is 0. The number of amidine groups is 1. The summed E-state index contributed by atoms with van der Waals surface area (Å²) in [5.41, 5.74) is -1.72. The van der Waals surface area contributed by atoms with Gasteiger partial charge >= 0.3 is 0 Å². The van der Waals surface area contributed by atoms with E-state index in [0.29, 0.717) is 18.9 Å². The molecule has 6 heteroatoms. The Morgan fingerprint density at radius 2 is 1.58 bits per heavy atom. The van der Waals surface area contributed by atoms with Crippen LogP contribution in [-0.4, -0.2) is 23.8 Å². The Hall–Kier alpha value is -3.61. The number of nitrogens with zero attached hydrogens (tertiary/aromatic N) is 6. The third-order valence-corrected chi connectivity index (χ3v) is 5.36. The molecule has 1 aromatic carbocycles. The molecule has 6 nitrogen and oxygen atoms in total. The predicted molar refractivity (Wildman–Crippen MR) is 93.9 cm³/mol. The van der Waals surface area contributed by atoms with Crippen molar-refractivity contribution in [3.8, 4) is 24.3 Å². The summed E-state index contributed by atoms with van der Waals surface area (Å²) < 4.78 is 0. The number of aliphatic imine (C=N–C) groups is 1. The summed E-state index contributed by atoms with van der Waals surface area (Å²) in [6, 6.07) is 17.6. The fourth-order valence-electron chi connectivity index (χ4n) is 4.17. The van der Waals surface area contributed by atoms with Gasteiger partial charge in [-0.15, -0.1) is 0 Å². The molecule has 1 saturated carbocycles. The lowest BCUT2D eigenvalue weighted by Crippen LogP contribution is -2.37. The van der Waals surface area contributed by atoms with E-state index in [-0.39, 0.29) is 11.3 Å². The van der Waals surface area contributed by atoms with Crippen molar-refractivity contribution < 1.29 is 0 Å². The van der Waals surface area contributed by atoms with Gasteiger partial charge in [0.05, 0.1) is 17.8 Å². The Balaban J connectivity index is 2.35. The average molecular weight is 340 g/mol. The molecule has 0 bridgehead atoms. The van der Waals surface area contributed by atoms with Gasteiger partial charge in [-0.05, 0) is 19.4 Å². The molecule has 1 heterocycles. The molecule has 1 aliphatic heterocycles. The Morgan fingerprint density at radius 3 is 2.04 bits per heavy atom. The van der Waals surface area contributed by atoms with Crippen molar-refractivity contribution in [2.45, 2.75) is 19.8 Å². The SMILES string of the molecule is CCN(CC)C1=NC(=C(C#N)C#N)C2(C#N)C(c3ccccc3)C12C#N. The van der Waals surface area contributed by atoms with E-state index in [1.54, 1.807) is 0 Å². The largest absolute Gasteiger partial charge is 0.359 e. The maximum absolute atomic E-state index is 10.2. The van der Waals surface area contributed by atoms with Crippen LogP contribution in [0.4, 0.5) is 0 Å². The Morgan fingerprint density at radius 1 is 1.00 bits per heavy atom. The van der Waals surface area contributed by atoms with Crippen LogP contribution in [0, 0.1) is 56.2 Å². The monoisotopic (exact) mass is 340 g/mol. The highest BCUT2D eigenvalue weighted by molar-refractivity contribution is 6.03. The fourth-order valence-corrected chi connectivity index (χ4v) is 4.17. The van der Waals surface area contributed by atoms with Gasteiger partial charge in [0, 0.05) is 19.0 Å². The summed E-state index contributed by atoms with van der Waals surface area (Å²) in [7, 11) is 0. The van der Waals surface area contributed by atoms with Crippen LogP contribution in [-0.2, 0) is 0 Å². The molecule has 3 atom stereocenters. The number of nitriles is 4. The van der Waals surface area contributed by atoms with Gasteiger partial charge in [-0.3, -0.25) is 0 Å². The van der Waals surface area contributed by atoms with Gasteiger partial charge in [0.2, 0.25) is 0 Å². The zero-order chi connectivity index (χ0) is 18.9. The van der Waals surface area contributed by atoms with Gasteiger partial charge in [-0.25, -0.2) is 4.99 Å². The van der Waals surface area contributed by atoms with Crippen LogP contribution in [0.3, 0.4) is 0 Å². The maximum Gasteiger partial charge on any atom is 0.152 e. The minimum absolute atomic E-state index is 0.127. The first-order chi connectivity index (χ1) is 12.6. The van der Waals surface area contributed by atoms with Crippen molar-refractivity contribution in [3.05, 3.63) is 47.2 Å². The van der Waals surface area contributed by atoms with E-state index in [1.807, 2.05) is 61.2 Å². The van der Waals surface area contributed by atoms with E-state index in [9.17, 15) is 21.0 Å². The molecule has 126 valence electrons. The molecule has 0 saturated heterocycles. The lowest BCUT2D eigenvalue weighted by atomic mass is 9.91. The number of fused-ring (bicyclic) bond motifs is 1. The minimum Gasteiger partial charge on any atom is -0.359 e. The van der Waals surface area contributed by atoms with Gasteiger partial charge in [-0.2, -0.15) is 21.0 Å². The molecule has 0 N–H and O–H groups in total. The van der Waals surface area contributed by atoms with Crippen molar-refractivity contribution in [1.29, 1.82) is 21.0 Å². The topological polar surface area (TPSA) is 111 Å². The van der Waals surface area contributed by atoms with Crippen LogP contribution in [0.1, 0.15) is 25.3 Å². The lowest BCUT2D eigenvalue weighted by Gasteiger charge is -2.25. The first kappa shape index (κ1) is 17.2. The number of allylic oxidation sites excluding steroid dienone is 2. The van der Waals surface area contributed by atoms with Crippen LogP contribution in [0.15, 0.2) is 46.6 Å². The van der Waals surface area contributed by atoms with Crippen LogP contribution < -0.4 is 0 Å². The van der Waals surface area contributed by atoms with E-state index < -0.39 is 16.7 Å². The highest BCUT2D eigenvalue weighted by atomic mass is 15.2. The molecule has 3 unspecified atom stereocenters. The van der Waals surface area contributed by atoms with Gasteiger partial charge in [0.15, 0.2) is 5.57 Å². The Labute approximate surface area is 152 Å². The number of benzene rings is 1. The lowest BCUT2D eigenvalue weighted by molar-refractivity contribution is 0.440. The molecule has 0 amide bonds. The number of rotatable bonds is 3. The predicted octanol–water partition coefficient (Wildman–Crippen LogP) is 2.86. The summed E-state index contributed by atoms with van der Waals surface area (Å²) in [5, 5.41) is 39.0. The highest BCUT2D eigenvalue weighted by Crippen LogP contribution is 2.81. The molecule has 2 aliphatic rings. The normalized spacial score (nSPS) is 27.8. The van der Waals surface area contributed by atoms with E-state index >= 15 is 0 Å². The third-order valence-electron chi connectivity index (χ3n) is 5.36. The Kier molecular flexibility index (Phi) is 4.00. The average Bonchev–Trinajstić information content (AvgIpc) is 3.21. The maximum atomic E-state index is 10.2. The molecular weight excluding hydrogens is 324 g/mol. The van der Waals surface area contributed by atoms with E-state index in [1.165, 1.54) is 0 Å². The first-order valence-corrected chi connectivity index (χ1v) is 8.39. The summed E-state index contributed by atoms with van der Waals surface area (Å²) in [6.45, 7) is 5.12. The summed E-state index contributed by atoms with van der Waals surface area (Å²) in [5.74, 6) is 0.0319.